The maximum Gasteiger partial charge on any atom is 0.351 e. The second kappa shape index (κ2) is 13.7. The topological polar surface area (TPSA) is 143 Å². The van der Waals surface area contributed by atoms with Gasteiger partial charge in [0.15, 0.2) is 15.6 Å². The van der Waals surface area contributed by atoms with Gasteiger partial charge in [-0.15, -0.1) is 0 Å². The van der Waals surface area contributed by atoms with Crippen molar-refractivity contribution in [2.45, 2.75) is 76.6 Å². The van der Waals surface area contributed by atoms with Crippen molar-refractivity contribution in [3.8, 4) is 5.75 Å². The van der Waals surface area contributed by atoms with Crippen LogP contribution in [0.3, 0.4) is 0 Å². The van der Waals surface area contributed by atoms with E-state index in [9.17, 15) is 13.2 Å². The van der Waals surface area contributed by atoms with Crippen LogP contribution >= 0.6 is 0 Å². The van der Waals surface area contributed by atoms with Gasteiger partial charge in [0, 0.05) is 13.2 Å². The molecule has 11 nitrogen and oxygen atoms in total. The molecule has 1 aliphatic heterocycles. The average Bonchev–Trinajstić information content (AvgIpc) is 3.39. The Hall–Kier alpha value is -4.16. The molecule has 2 aromatic heterocycles. The summed E-state index contributed by atoms with van der Waals surface area (Å²) in [5.41, 5.74) is 5.33. The number of anilines is 4. The average molecular weight is 649 g/mol. The first-order valence-electron chi connectivity index (χ1n) is 15.9. The highest BCUT2D eigenvalue weighted by Gasteiger charge is 2.27. The van der Waals surface area contributed by atoms with E-state index in [-0.39, 0.29) is 16.9 Å². The fourth-order valence-corrected chi connectivity index (χ4v) is 7.20. The number of aryl methyl sites for hydroxylation is 2. The van der Waals surface area contributed by atoms with Gasteiger partial charge in [0.2, 0.25) is 17.4 Å². The number of likely N-dealkylation sites (tertiary alicyclic amines) is 1. The number of nitrogens with one attached hydrogen (secondary N) is 5. The number of carbonyl (C=O) groups is 1. The molecule has 246 valence electrons. The summed E-state index contributed by atoms with van der Waals surface area (Å²) < 4.78 is 32.7. The lowest BCUT2D eigenvalue weighted by Gasteiger charge is -2.32. The third-order valence-corrected chi connectivity index (χ3v) is 10.7. The largest absolute Gasteiger partial charge is 0.488 e. The van der Waals surface area contributed by atoms with Crippen molar-refractivity contribution in [2.24, 2.45) is 0 Å². The number of sulfone groups is 1. The molecule has 0 saturated carbocycles. The molecule has 0 atom stereocenters. The number of aromatic amines is 2. The number of hydrogen-bond donors (Lipinski definition) is 4. The van der Waals surface area contributed by atoms with Gasteiger partial charge < -0.3 is 15.4 Å². The molecule has 0 radical (unpaired) electrons. The second-order valence-electron chi connectivity index (χ2n) is 12.6. The second-order valence-corrected chi connectivity index (χ2v) is 15.1. The number of rotatable bonds is 11. The van der Waals surface area contributed by atoms with Gasteiger partial charge >= 0.3 is 5.95 Å². The summed E-state index contributed by atoms with van der Waals surface area (Å²) in [4.78, 5) is 25.8. The van der Waals surface area contributed by atoms with Crippen LogP contribution in [0.1, 0.15) is 63.1 Å². The van der Waals surface area contributed by atoms with E-state index in [0.717, 1.165) is 59.5 Å². The molecule has 5 N–H and O–H groups in total. The van der Waals surface area contributed by atoms with E-state index in [0.29, 0.717) is 29.9 Å². The number of nitrogens with zero attached hydrogens (tertiary/aromatic N) is 2. The molecule has 5 rings (SSSR count). The zero-order valence-corrected chi connectivity index (χ0v) is 28.6. The van der Waals surface area contributed by atoms with E-state index in [1.807, 2.05) is 33.0 Å². The number of H-pyrrole nitrogens is 2. The molecular weight excluding hydrogens is 602 g/mol. The minimum atomic E-state index is -3.54. The van der Waals surface area contributed by atoms with Gasteiger partial charge in [0.25, 0.3) is 0 Å². The van der Waals surface area contributed by atoms with Crippen molar-refractivity contribution in [2.75, 3.05) is 37.3 Å². The van der Waals surface area contributed by atoms with Crippen molar-refractivity contribution in [1.82, 2.24) is 20.2 Å². The minimum absolute atomic E-state index is 0.0407. The number of aromatic nitrogens is 3. The number of amides is 1. The molecule has 0 spiro atoms. The highest BCUT2D eigenvalue weighted by Crippen LogP contribution is 2.38. The van der Waals surface area contributed by atoms with Gasteiger partial charge in [-0.2, -0.15) is 0 Å². The maximum atomic E-state index is 13.2. The minimum Gasteiger partial charge on any atom is -0.488 e. The molecule has 1 amide bonds. The summed E-state index contributed by atoms with van der Waals surface area (Å²) in [6, 6.07) is 11.2. The number of ether oxygens (including phenoxy) is 1. The summed E-state index contributed by atoms with van der Waals surface area (Å²) in [6.07, 6.45) is 3.77. The van der Waals surface area contributed by atoms with E-state index in [4.69, 9.17) is 9.72 Å². The predicted octanol–water partition coefficient (Wildman–Crippen LogP) is 5.38. The molecule has 0 aliphatic carbocycles. The quantitative estimate of drug-likeness (QED) is 0.170. The Bertz CT molecular complexity index is 1830. The summed E-state index contributed by atoms with van der Waals surface area (Å²) in [5, 5.41) is 9.75. The van der Waals surface area contributed by atoms with Crippen LogP contribution in [0.5, 0.6) is 5.75 Å². The summed E-state index contributed by atoms with van der Waals surface area (Å²) in [5.74, 6) is 2.11. The van der Waals surface area contributed by atoms with Gasteiger partial charge in [-0.05, 0) is 114 Å². The first-order chi connectivity index (χ1) is 21.9. The van der Waals surface area contributed by atoms with E-state index in [1.54, 1.807) is 39.1 Å². The van der Waals surface area contributed by atoms with Gasteiger partial charge in [0.05, 0.1) is 28.5 Å². The van der Waals surface area contributed by atoms with E-state index in [2.05, 4.69) is 49.9 Å². The maximum absolute atomic E-state index is 13.2. The van der Waals surface area contributed by atoms with E-state index in [1.165, 1.54) is 5.56 Å². The number of hydrogen-bond acceptors (Lipinski definition) is 8. The third kappa shape index (κ3) is 7.13. The lowest BCUT2D eigenvalue weighted by Crippen LogP contribution is -2.40. The molecule has 0 unspecified atom stereocenters. The Labute approximate surface area is 271 Å². The fourth-order valence-electron chi connectivity index (χ4n) is 5.99. The first kappa shape index (κ1) is 33.2. The van der Waals surface area contributed by atoms with Crippen LogP contribution in [-0.2, 0) is 14.6 Å². The molecule has 2 aromatic carbocycles. The monoisotopic (exact) mass is 648 g/mol. The zero-order chi connectivity index (χ0) is 33.2. The zero-order valence-electron chi connectivity index (χ0n) is 27.7. The summed E-state index contributed by atoms with van der Waals surface area (Å²) in [7, 11) is -1.87. The molecular formula is C34H46N7O4S+. The van der Waals surface area contributed by atoms with Crippen LogP contribution in [-0.4, -0.2) is 67.2 Å². The number of likely N-dealkylation sites (N-methyl/N-ethyl adjacent to an activating group) is 1. The van der Waals surface area contributed by atoms with Crippen LogP contribution in [0.2, 0.25) is 0 Å². The Kier molecular flexibility index (Phi) is 9.88. The first-order valence-corrected chi connectivity index (χ1v) is 17.4. The summed E-state index contributed by atoms with van der Waals surface area (Å²) >= 11 is 0. The fraction of sp³-hybridized carbons (Fsp3) is 0.441. The highest BCUT2D eigenvalue weighted by atomic mass is 32.2. The smallest absolute Gasteiger partial charge is 0.351 e. The van der Waals surface area contributed by atoms with Crippen molar-refractivity contribution in [1.29, 1.82) is 0 Å². The van der Waals surface area contributed by atoms with Crippen molar-refractivity contribution in [3.05, 3.63) is 59.3 Å². The number of fused-ring (bicyclic) bond motifs is 1. The lowest BCUT2D eigenvalue weighted by molar-refractivity contribution is -0.333. The molecule has 1 saturated heterocycles. The molecule has 1 aliphatic rings. The van der Waals surface area contributed by atoms with Crippen LogP contribution in [0.25, 0.3) is 11.0 Å². The SMILES string of the molecule is CNC(=O)CN1CCC(c2cc(OC(C)C)c(Nc3nc(Nc4ccccc4S(=O)(=O)C(C)C)c4c(C)c[nH]c4[nH+]3)cc2C)CC1. The molecule has 3 heterocycles. The van der Waals surface area contributed by atoms with Crippen LogP contribution in [0.4, 0.5) is 23.1 Å². The molecule has 12 heteroatoms. The van der Waals surface area contributed by atoms with Crippen molar-refractivity contribution < 1.29 is 22.9 Å². The molecule has 1 fully saturated rings. The Balaban J connectivity index is 1.48. The number of benzene rings is 2. The van der Waals surface area contributed by atoms with Crippen LogP contribution < -0.4 is 25.7 Å². The lowest BCUT2D eigenvalue weighted by atomic mass is 9.86. The van der Waals surface area contributed by atoms with E-state index < -0.39 is 15.1 Å². The van der Waals surface area contributed by atoms with Gasteiger partial charge in [0.1, 0.15) is 11.1 Å². The predicted molar refractivity (Wildman–Crippen MR) is 182 cm³/mol. The number of carbonyl (C=O) groups excluding carboxylic acids is 1. The number of para-hydroxylation sites is 1. The Morgan fingerprint density at radius 2 is 1.78 bits per heavy atom. The summed E-state index contributed by atoms with van der Waals surface area (Å²) in [6.45, 7) is 13.6. The standard InChI is InChI=1S/C34H45N7O4S/c1-20(2)45-28-17-25(24-12-14-41(15-13-24)19-30(42)35-7)22(5)16-27(28)38-34-39-32-31(23(6)18-36-32)33(40-34)37-26-10-8-9-11-29(26)46(43,44)21(3)4/h8-11,16-18,20-21,24H,12-15,19H2,1-7H3,(H,35,42)(H3,36,37,38,39,40)/p+1. The Morgan fingerprint density at radius 3 is 2.46 bits per heavy atom. The van der Waals surface area contributed by atoms with E-state index >= 15 is 0 Å². The third-order valence-electron chi connectivity index (χ3n) is 8.51. The van der Waals surface area contributed by atoms with Gasteiger partial charge in [-0.1, -0.05) is 17.1 Å². The molecule has 46 heavy (non-hydrogen) atoms. The Morgan fingerprint density at radius 1 is 1.07 bits per heavy atom. The van der Waals surface area contributed by atoms with Crippen molar-refractivity contribution >= 4 is 49.9 Å². The number of piperidine rings is 1. The normalized spacial score (nSPS) is 14.6. The van der Waals surface area contributed by atoms with Gasteiger partial charge in [-0.3, -0.25) is 20.0 Å². The molecule has 0 bridgehead atoms. The van der Waals surface area contributed by atoms with Crippen LogP contribution in [0, 0.1) is 13.8 Å². The van der Waals surface area contributed by atoms with Crippen LogP contribution in [0.15, 0.2) is 47.5 Å². The van der Waals surface area contributed by atoms with Crippen molar-refractivity contribution in [3.63, 3.8) is 0 Å². The van der Waals surface area contributed by atoms with Gasteiger partial charge in [-0.25, -0.2) is 13.4 Å². The highest BCUT2D eigenvalue weighted by molar-refractivity contribution is 7.92. The molecule has 4 aromatic rings.